The zero-order chi connectivity index (χ0) is 12.3. The van der Waals surface area contributed by atoms with Crippen LogP contribution in [-0.2, 0) is 0 Å². The van der Waals surface area contributed by atoms with Crippen molar-refractivity contribution < 1.29 is 4.74 Å². The van der Waals surface area contributed by atoms with Gasteiger partial charge in [0.15, 0.2) is 0 Å². The first-order chi connectivity index (χ1) is 8.12. The van der Waals surface area contributed by atoms with Crippen LogP contribution in [0.15, 0.2) is 24.3 Å². The van der Waals surface area contributed by atoms with E-state index < -0.39 is 0 Å². The fourth-order valence-electron chi connectivity index (χ4n) is 2.12. The van der Waals surface area contributed by atoms with E-state index >= 15 is 0 Å². The highest BCUT2D eigenvalue weighted by atomic mass is 35.5. The van der Waals surface area contributed by atoms with Crippen molar-refractivity contribution in [2.75, 3.05) is 19.0 Å². The lowest BCUT2D eigenvalue weighted by atomic mass is 9.97. The Morgan fingerprint density at radius 3 is 2.94 bits per heavy atom. The monoisotopic (exact) mass is 253 g/mol. The highest BCUT2D eigenvalue weighted by Crippen LogP contribution is 2.33. The summed E-state index contributed by atoms with van der Waals surface area (Å²) in [6.45, 7) is 6.11. The number of hydrogen-bond acceptors (Lipinski definition) is 2. The second-order valence-corrected chi connectivity index (χ2v) is 5.63. The van der Waals surface area contributed by atoms with Crippen molar-refractivity contribution in [1.82, 2.24) is 5.32 Å². The van der Waals surface area contributed by atoms with Crippen LogP contribution in [0.4, 0.5) is 0 Å². The highest BCUT2D eigenvalue weighted by molar-refractivity contribution is 6.17. The molecule has 0 bridgehead atoms. The number of halogens is 1. The van der Waals surface area contributed by atoms with E-state index in [4.69, 9.17) is 16.3 Å². The molecule has 2 nitrogen and oxygen atoms in total. The van der Waals surface area contributed by atoms with E-state index in [0.717, 1.165) is 25.3 Å². The molecule has 2 rings (SSSR count). The quantitative estimate of drug-likeness (QED) is 0.814. The van der Waals surface area contributed by atoms with E-state index in [1.54, 1.807) is 0 Å². The van der Waals surface area contributed by atoms with Crippen molar-refractivity contribution in [1.29, 1.82) is 0 Å². The summed E-state index contributed by atoms with van der Waals surface area (Å²) in [7, 11) is 0. The van der Waals surface area contributed by atoms with Crippen molar-refractivity contribution in [2.24, 2.45) is 0 Å². The van der Waals surface area contributed by atoms with Gasteiger partial charge in [0.25, 0.3) is 0 Å². The van der Waals surface area contributed by atoms with Gasteiger partial charge >= 0.3 is 0 Å². The van der Waals surface area contributed by atoms with Crippen LogP contribution in [0.25, 0.3) is 0 Å². The van der Waals surface area contributed by atoms with Crippen molar-refractivity contribution in [3.63, 3.8) is 0 Å². The number of rotatable bonds is 5. The van der Waals surface area contributed by atoms with Gasteiger partial charge in [-0.15, -0.1) is 11.6 Å². The molecule has 0 saturated heterocycles. The van der Waals surface area contributed by atoms with Crippen LogP contribution in [-0.4, -0.2) is 24.6 Å². The van der Waals surface area contributed by atoms with Crippen molar-refractivity contribution in [2.45, 2.75) is 31.7 Å². The predicted molar refractivity (Wildman–Crippen MR) is 72.1 cm³/mol. The smallest absolute Gasteiger partial charge is 0.122 e. The summed E-state index contributed by atoms with van der Waals surface area (Å²) in [5, 5.41) is 3.58. The molecule has 94 valence electrons. The molecule has 0 radical (unpaired) electrons. The Labute approximate surface area is 108 Å². The highest BCUT2D eigenvalue weighted by Gasteiger charge is 2.25. The van der Waals surface area contributed by atoms with Crippen molar-refractivity contribution in [3.05, 3.63) is 29.8 Å². The average Bonchev–Trinajstić information content (AvgIpc) is 2.70. The molecular formula is C14H20ClNO. The lowest BCUT2D eigenvalue weighted by Gasteiger charge is -2.27. The Hall–Kier alpha value is -0.730. The molecule has 1 aliphatic heterocycles. The molecule has 1 aromatic rings. The minimum Gasteiger partial charge on any atom is -0.493 e. The van der Waals surface area contributed by atoms with Gasteiger partial charge in [0.1, 0.15) is 5.75 Å². The maximum atomic E-state index is 5.80. The van der Waals surface area contributed by atoms with Gasteiger partial charge in [0.05, 0.1) is 6.61 Å². The topological polar surface area (TPSA) is 21.3 Å². The van der Waals surface area contributed by atoms with Crippen LogP contribution < -0.4 is 10.1 Å². The second-order valence-electron chi connectivity index (χ2n) is 5.25. The number of benzene rings is 1. The SMILES string of the molecule is CC(C)(CCCl)NCC1COc2ccccc21. The Bertz CT molecular complexity index is 378. The summed E-state index contributed by atoms with van der Waals surface area (Å²) in [6.07, 6.45) is 0.976. The summed E-state index contributed by atoms with van der Waals surface area (Å²) < 4.78 is 5.67. The number of ether oxygens (including phenoxy) is 1. The fraction of sp³-hybridized carbons (Fsp3) is 0.571. The first-order valence-corrected chi connectivity index (χ1v) is 6.68. The normalized spacial score (nSPS) is 18.9. The standard InChI is InChI=1S/C14H20ClNO/c1-14(2,7-8-15)16-9-11-10-17-13-6-4-3-5-12(11)13/h3-6,11,16H,7-10H2,1-2H3. The molecular weight excluding hydrogens is 234 g/mol. The maximum absolute atomic E-state index is 5.80. The third-order valence-electron chi connectivity index (χ3n) is 3.35. The number of alkyl halides is 1. The minimum atomic E-state index is 0.0965. The lowest BCUT2D eigenvalue weighted by molar-refractivity contribution is 0.304. The van der Waals surface area contributed by atoms with Crippen LogP contribution in [0.5, 0.6) is 5.75 Å². The largest absolute Gasteiger partial charge is 0.493 e. The molecule has 0 spiro atoms. The lowest BCUT2D eigenvalue weighted by Crippen LogP contribution is -2.42. The molecule has 3 heteroatoms. The molecule has 1 atom stereocenters. The average molecular weight is 254 g/mol. The summed E-state index contributed by atoms with van der Waals surface area (Å²) in [4.78, 5) is 0. The molecule has 0 fully saturated rings. The Balaban J connectivity index is 1.94. The van der Waals surface area contributed by atoms with Crippen molar-refractivity contribution >= 4 is 11.6 Å². The molecule has 17 heavy (non-hydrogen) atoms. The summed E-state index contributed by atoms with van der Waals surface area (Å²) in [6, 6.07) is 8.29. The molecule has 0 aromatic heterocycles. The first kappa shape index (κ1) is 12.7. The van der Waals surface area contributed by atoms with Gasteiger partial charge in [0, 0.05) is 29.4 Å². The third-order valence-corrected chi connectivity index (χ3v) is 3.53. The molecule has 1 aromatic carbocycles. The van der Waals surface area contributed by atoms with E-state index in [9.17, 15) is 0 Å². The third kappa shape index (κ3) is 3.14. The fourth-order valence-corrected chi connectivity index (χ4v) is 2.59. The number of para-hydroxylation sites is 1. The molecule has 0 saturated carbocycles. The summed E-state index contributed by atoms with van der Waals surface area (Å²) in [5.41, 5.74) is 1.42. The number of hydrogen-bond donors (Lipinski definition) is 1. The van der Waals surface area contributed by atoms with Crippen LogP contribution in [0.2, 0.25) is 0 Å². The van der Waals surface area contributed by atoms with Gasteiger partial charge in [-0.1, -0.05) is 18.2 Å². The molecule has 1 aliphatic rings. The van der Waals surface area contributed by atoms with Crippen molar-refractivity contribution in [3.8, 4) is 5.75 Å². The Morgan fingerprint density at radius 2 is 2.18 bits per heavy atom. The predicted octanol–water partition coefficient (Wildman–Crippen LogP) is 3.16. The number of nitrogens with one attached hydrogen (secondary N) is 1. The second kappa shape index (κ2) is 5.28. The Kier molecular flexibility index (Phi) is 3.95. The Morgan fingerprint density at radius 1 is 1.41 bits per heavy atom. The van der Waals surface area contributed by atoms with Crippen LogP contribution >= 0.6 is 11.6 Å². The van der Waals surface area contributed by atoms with E-state index in [1.165, 1.54) is 5.56 Å². The zero-order valence-electron chi connectivity index (χ0n) is 10.5. The van der Waals surface area contributed by atoms with Gasteiger partial charge in [-0.25, -0.2) is 0 Å². The van der Waals surface area contributed by atoms with Gasteiger partial charge in [-0.2, -0.15) is 0 Å². The van der Waals surface area contributed by atoms with Crippen LogP contribution in [0, 0.1) is 0 Å². The van der Waals surface area contributed by atoms with Gasteiger partial charge in [0.2, 0.25) is 0 Å². The maximum Gasteiger partial charge on any atom is 0.122 e. The molecule has 0 amide bonds. The molecule has 1 heterocycles. The van der Waals surface area contributed by atoms with E-state index in [2.05, 4.69) is 31.3 Å². The summed E-state index contributed by atoms with van der Waals surface area (Å²) in [5.74, 6) is 2.19. The van der Waals surface area contributed by atoms with E-state index in [0.29, 0.717) is 11.8 Å². The van der Waals surface area contributed by atoms with Gasteiger partial charge in [-0.05, 0) is 26.3 Å². The molecule has 1 N–H and O–H groups in total. The number of fused-ring (bicyclic) bond motifs is 1. The van der Waals surface area contributed by atoms with E-state index in [-0.39, 0.29) is 5.54 Å². The van der Waals surface area contributed by atoms with Gasteiger partial charge in [-0.3, -0.25) is 0 Å². The van der Waals surface area contributed by atoms with Gasteiger partial charge < -0.3 is 10.1 Å². The van der Waals surface area contributed by atoms with Crippen LogP contribution in [0.3, 0.4) is 0 Å². The first-order valence-electron chi connectivity index (χ1n) is 6.15. The molecule has 1 unspecified atom stereocenters. The van der Waals surface area contributed by atoms with E-state index in [1.807, 2.05) is 12.1 Å². The zero-order valence-corrected chi connectivity index (χ0v) is 11.3. The molecule has 0 aliphatic carbocycles. The minimum absolute atomic E-state index is 0.0965. The summed E-state index contributed by atoms with van der Waals surface area (Å²) >= 11 is 5.80. The van der Waals surface area contributed by atoms with Crippen LogP contribution in [0.1, 0.15) is 31.7 Å².